The Hall–Kier alpha value is -8.78. The van der Waals surface area contributed by atoms with E-state index in [0.29, 0.717) is 0 Å². The van der Waals surface area contributed by atoms with Gasteiger partial charge in [-0.3, -0.25) is 0 Å². The maximum absolute atomic E-state index is 2.44. The molecule has 0 amide bonds. The van der Waals surface area contributed by atoms with Crippen LogP contribution in [0.25, 0.3) is 99.1 Å². The van der Waals surface area contributed by atoms with E-state index in [1.807, 2.05) is 0 Å². The highest BCUT2D eigenvalue weighted by Crippen LogP contribution is 2.45. The van der Waals surface area contributed by atoms with Crippen LogP contribution in [0.1, 0.15) is 0 Å². The highest BCUT2D eigenvalue weighted by atomic mass is 15.1. The quantitative estimate of drug-likeness (QED) is 0.131. The van der Waals surface area contributed by atoms with E-state index in [1.54, 1.807) is 0 Å². The molecule has 0 radical (unpaired) electrons. The van der Waals surface area contributed by atoms with Crippen molar-refractivity contribution in [3.8, 4) is 66.8 Å². The summed E-state index contributed by atoms with van der Waals surface area (Å²) in [5.74, 6) is 0. The van der Waals surface area contributed by atoms with Gasteiger partial charge in [0.2, 0.25) is 0 Å². The fourth-order valence-electron chi connectivity index (χ4n) is 9.83. The van der Waals surface area contributed by atoms with Gasteiger partial charge in [0, 0.05) is 16.9 Å². The van der Waals surface area contributed by atoms with E-state index in [1.165, 1.54) is 82.4 Å². The number of hydrogen-bond donors (Lipinski definition) is 0. The molecule has 12 aromatic rings. The fourth-order valence-corrected chi connectivity index (χ4v) is 9.83. The van der Waals surface area contributed by atoms with Gasteiger partial charge in [0.05, 0.1) is 5.69 Å². The van der Waals surface area contributed by atoms with Crippen LogP contribution in [0, 0.1) is 0 Å². The Morgan fingerprint density at radius 1 is 0.194 bits per heavy atom. The van der Waals surface area contributed by atoms with Gasteiger partial charge in [-0.1, -0.05) is 218 Å². The van der Waals surface area contributed by atoms with Gasteiger partial charge < -0.3 is 4.90 Å². The molecule has 0 aliphatic heterocycles. The highest BCUT2D eigenvalue weighted by molar-refractivity contribution is 6.14. The van der Waals surface area contributed by atoms with Gasteiger partial charge in [0.15, 0.2) is 0 Å². The van der Waals surface area contributed by atoms with Crippen LogP contribution >= 0.6 is 0 Å². The van der Waals surface area contributed by atoms with E-state index in [2.05, 4.69) is 278 Å². The second-order valence-corrected chi connectivity index (χ2v) is 17.3. The SMILES string of the molecule is c1ccc(-c2cccc(-c3ccc(N(c4ccc(-c5cccc(-c6ccc7ccccc7c6)c5)cc4)c4cc(-c5cc6ccccc6c6ccccc56)ccc4-c4ccccc4)cc3)c2)cc1. The number of nitrogens with zero attached hydrogens (tertiary/aromatic N) is 1. The third kappa shape index (κ3) is 7.73. The molecule has 314 valence electrons. The Balaban J connectivity index is 1.01. The minimum Gasteiger partial charge on any atom is -0.310 e. The molecule has 0 N–H and O–H groups in total. The summed E-state index contributed by atoms with van der Waals surface area (Å²) in [5.41, 5.74) is 17.5. The van der Waals surface area contributed by atoms with Gasteiger partial charge in [-0.05, 0) is 148 Å². The van der Waals surface area contributed by atoms with Gasteiger partial charge in [-0.15, -0.1) is 0 Å². The summed E-state index contributed by atoms with van der Waals surface area (Å²) in [6, 6.07) is 99.6. The molecule has 0 aliphatic carbocycles. The lowest BCUT2D eigenvalue weighted by molar-refractivity contribution is 1.28. The summed E-state index contributed by atoms with van der Waals surface area (Å²) in [5, 5.41) is 7.49. The molecule has 0 saturated heterocycles. The van der Waals surface area contributed by atoms with E-state index in [-0.39, 0.29) is 0 Å². The smallest absolute Gasteiger partial charge is 0.0546 e. The van der Waals surface area contributed by atoms with Crippen LogP contribution < -0.4 is 4.90 Å². The molecule has 0 saturated carbocycles. The van der Waals surface area contributed by atoms with Crippen molar-refractivity contribution in [1.82, 2.24) is 0 Å². The molecule has 0 unspecified atom stereocenters. The maximum Gasteiger partial charge on any atom is 0.0546 e. The monoisotopic (exact) mass is 851 g/mol. The fraction of sp³-hybridized carbons (Fsp3) is 0. The lowest BCUT2D eigenvalue weighted by Gasteiger charge is -2.29. The molecule has 67 heavy (non-hydrogen) atoms. The van der Waals surface area contributed by atoms with E-state index in [0.717, 1.165) is 33.8 Å². The van der Waals surface area contributed by atoms with Crippen LogP contribution in [0.2, 0.25) is 0 Å². The second kappa shape index (κ2) is 17.3. The second-order valence-electron chi connectivity index (χ2n) is 17.3. The van der Waals surface area contributed by atoms with Crippen LogP contribution in [-0.4, -0.2) is 0 Å². The first-order chi connectivity index (χ1) is 33.2. The zero-order chi connectivity index (χ0) is 44.5. The Morgan fingerprint density at radius 3 is 1.25 bits per heavy atom. The lowest BCUT2D eigenvalue weighted by atomic mass is 9.91. The lowest BCUT2D eigenvalue weighted by Crippen LogP contribution is -2.11. The summed E-state index contributed by atoms with van der Waals surface area (Å²) in [6.45, 7) is 0. The molecule has 0 aromatic heterocycles. The summed E-state index contributed by atoms with van der Waals surface area (Å²) < 4.78 is 0. The zero-order valence-corrected chi connectivity index (χ0v) is 36.9. The van der Waals surface area contributed by atoms with Crippen LogP contribution in [0.15, 0.2) is 273 Å². The first kappa shape index (κ1) is 39.8. The summed E-state index contributed by atoms with van der Waals surface area (Å²) in [6.07, 6.45) is 0. The Bertz CT molecular complexity index is 3720. The minimum atomic E-state index is 1.07. The van der Waals surface area contributed by atoms with Gasteiger partial charge >= 0.3 is 0 Å². The third-order valence-electron chi connectivity index (χ3n) is 13.2. The minimum absolute atomic E-state index is 1.07. The molecule has 1 nitrogen and oxygen atoms in total. The average Bonchev–Trinajstić information content (AvgIpc) is 3.41. The number of fused-ring (bicyclic) bond motifs is 4. The number of anilines is 3. The van der Waals surface area contributed by atoms with E-state index >= 15 is 0 Å². The molecular formula is C66H45N. The van der Waals surface area contributed by atoms with Crippen LogP contribution in [-0.2, 0) is 0 Å². The molecule has 0 bridgehead atoms. The summed E-state index contributed by atoms with van der Waals surface area (Å²) in [7, 11) is 0. The average molecular weight is 852 g/mol. The normalized spacial score (nSPS) is 11.3. The number of benzene rings is 12. The third-order valence-corrected chi connectivity index (χ3v) is 13.2. The predicted octanol–water partition coefficient (Wildman–Crippen LogP) is 18.6. The van der Waals surface area contributed by atoms with Crippen LogP contribution in [0.5, 0.6) is 0 Å². The molecule has 0 atom stereocenters. The highest BCUT2D eigenvalue weighted by Gasteiger charge is 2.20. The molecule has 0 spiro atoms. The van der Waals surface area contributed by atoms with Gasteiger partial charge in [0.25, 0.3) is 0 Å². The van der Waals surface area contributed by atoms with Gasteiger partial charge in [-0.25, -0.2) is 0 Å². The zero-order valence-electron chi connectivity index (χ0n) is 36.9. The van der Waals surface area contributed by atoms with Crippen molar-refractivity contribution in [3.05, 3.63) is 273 Å². The standard InChI is InChI=1S/C66H45N/c1-3-15-46(16-4-1)52-22-13-23-53(41-52)48-31-36-59(37-32-48)67(60-38-33-49(34-39-60)54-24-14-25-55(42-54)56-30-29-47-17-7-8-20-51(47)43-56)66-45-58(35-40-62(66)50-18-5-2-6-19-50)65-44-57-21-9-10-26-61(57)63-27-11-12-28-64(63)65/h1-45H. The summed E-state index contributed by atoms with van der Waals surface area (Å²) >= 11 is 0. The van der Waals surface area contributed by atoms with Crippen molar-refractivity contribution in [2.24, 2.45) is 0 Å². The van der Waals surface area contributed by atoms with Crippen LogP contribution in [0.3, 0.4) is 0 Å². The molecule has 0 fully saturated rings. The van der Waals surface area contributed by atoms with Crippen molar-refractivity contribution in [2.45, 2.75) is 0 Å². The molecule has 12 rings (SSSR count). The van der Waals surface area contributed by atoms with Crippen LogP contribution in [0.4, 0.5) is 17.1 Å². The van der Waals surface area contributed by atoms with Crippen molar-refractivity contribution in [1.29, 1.82) is 0 Å². The van der Waals surface area contributed by atoms with Crippen molar-refractivity contribution >= 4 is 49.4 Å². The number of hydrogen-bond acceptors (Lipinski definition) is 1. The first-order valence-electron chi connectivity index (χ1n) is 23.1. The summed E-state index contributed by atoms with van der Waals surface area (Å²) in [4.78, 5) is 2.44. The van der Waals surface area contributed by atoms with Crippen molar-refractivity contribution in [2.75, 3.05) is 4.90 Å². The van der Waals surface area contributed by atoms with Gasteiger partial charge in [-0.2, -0.15) is 0 Å². The molecule has 0 heterocycles. The maximum atomic E-state index is 2.44. The molecule has 12 aromatic carbocycles. The molecule has 1 heteroatoms. The van der Waals surface area contributed by atoms with Gasteiger partial charge in [0.1, 0.15) is 0 Å². The van der Waals surface area contributed by atoms with E-state index < -0.39 is 0 Å². The topological polar surface area (TPSA) is 3.24 Å². The van der Waals surface area contributed by atoms with E-state index in [9.17, 15) is 0 Å². The molecule has 0 aliphatic rings. The van der Waals surface area contributed by atoms with Crippen molar-refractivity contribution in [3.63, 3.8) is 0 Å². The number of rotatable bonds is 9. The van der Waals surface area contributed by atoms with Crippen molar-refractivity contribution < 1.29 is 0 Å². The van der Waals surface area contributed by atoms with E-state index in [4.69, 9.17) is 0 Å². The Kier molecular flexibility index (Phi) is 10.3. The predicted molar refractivity (Wildman–Crippen MR) is 286 cm³/mol. The Morgan fingerprint density at radius 2 is 0.627 bits per heavy atom. The Labute approximate surface area is 392 Å². The first-order valence-corrected chi connectivity index (χ1v) is 23.1. The molecular weight excluding hydrogens is 807 g/mol. The largest absolute Gasteiger partial charge is 0.310 e.